The summed E-state index contributed by atoms with van der Waals surface area (Å²) in [6.07, 6.45) is 1.15. The molecule has 0 aliphatic heterocycles. The van der Waals surface area contributed by atoms with Crippen molar-refractivity contribution in [3.63, 3.8) is 0 Å². The average molecular weight is 302 g/mol. The normalized spacial score (nSPS) is 11.6. The Morgan fingerprint density at radius 2 is 1.81 bits per heavy atom. The van der Waals surface area contributed by atoms with E-state index in [1.807, 2.05) is 18.2 Å². The maximum atomic E-state index is 12.0. The Kier molecular flexibility index (Phi) is 5.06. The molecule has 0 aliphatic carbocycles. The van der Waals surface area contributed by atoms with Gasteiger partial charge in [-0.2, -0.15) is 5.10 Å². The van der Waals surface area contributed by atoms with Gasteiger partial charge in [-0.05, 0) is 18.2 Å². The Bertz CT molecular complexity index is 684. The van der Waals surface area contributed by atoms with Gasteiger partial charge in [-0.3, -0.25) is 4.79 Å². The molecule has 21 heavy (non-hydrogen) atoms. The zero-order valence-corrected chi connectivity index (χ0v) is 11.7. The third-order valence-corrected chi connectivity index (χ3v) is 2.85. The Balaban J connectivity index is 2.19. The summed E-state index contributed by atoms with van der Waals surface area (Å²) in [6.45, 7) is 0. The third kappa shape index (κ3) is 4.15. The SMILES string of the molecule is O=C(N/N=C(\C=N\O)c1ccccc1)c1cccc(Cl)c1. The van der Waals surface area contributed by atoms with Gasteiger partial charge >= 0.3 is 0 Å². The number of hydrazone groups is 1. The molecule has 1 amide bonds. The van der Waals surface area contributed by atoms with E-state index in [9.17, 15) is 4.79 Å². The van der Waals surface area contributed by atoms with Crippen LogP contribution in [0.1, 0.15) is 15.9 Å². The monoisotopic (exact) mass is 301 g/mol. The van der Waals surface area contributed by atoms with Crippen LogP contribution < -0.4 is 5.43 Å². The summed E-state index contributed by atoms with van der Waals surface area (Å²) < 4.78 is 0. The average Bonchev–Trinajstić information content (AvgIpc) is 2.52. The van der Waals surface area contributed by atoms with E-state index in [-0.39, 0.29) is 0 Å². The first-order chi connectivity index (χ1) is 10.2. The highest BCUT2D eigenvalue weighted by Gasteiger charge is 2.06. The van der Waals surface area contributed by atoms with Crippen molar-refractivity contribution >= 4 is 29.4 Å². The summed E-state index contributed by atoms with van der Waals surface area (Å²) >= 11 is 5.83. The number of halogens is 1. The summed E-state index contributed by atoms with van der Waals surface area (Å²) in [5, 5.41) is 16.0. The summed E-state index contributed by atoms with van der Waals surface area (Å²) in [4.78, 5) is 12.0. The second-order valence-corrected chi connectivity index (χ2v) is 4.50. The van der Waals surface area contributed by atoms with E-state index in [1.54, 1.807) is 30.3 Å². The maximum Gasteiger partial charge on any atom is 0.271 e. The number of nitrogens with one attached hydrogen (secondary N) is 1. The van der Waals surface area contributed by atoms with Crippen LogP contribution in [0.25, 0.3) is 0 Å². The summed E-state index contributed by atoms with van der Waals surface area (Å²) in [5.41, 5.74) is 3.82. The fourth-order valence-corrected chi connectivity index (χ4v) is 1.83. The van der Waals surface area contributed by atoms with Crippen molar-refractivity contribution in [2.75, 3.05) is 0 Å². The largest absolute Gasteiger partial charge is 0.411 e. The van der Waals surface area contributed by atoms with Crippen molar-refractivity contribution in [1.29, 1.82) is 0 Å². The second kappa shape index (κ2) is 7.21. The molecule has 0 aliphatic rings. The fourth-order valence-electron chi connectivity index (χ4n) is 1.64. The molecule has 0 saturated carbocycles. The van der Waals surface area contributed by atoms with Crippen LogP contribution in [0.5, 0.6) is 0 Å². The van der Waals surface area contributed by atoms with Gasteiger partial charge < -0.3 is 5.21 Å². The number of carbonyl (C=O) groups is 1. The molecule has 2 rings (SSSR count). The Hall–Kier alpha value is -2.66. The predicted molar refractivity (Wildman–Crippen MR) is 82.2 cm³/mol. The van der Waals surface area contributed by atoms with E-state index in [4.69, 9.17) is 16.8 Å². The van der Waals surface area contributed by atoms with E-state index in [0.717, 1.165) is 6.21 Å². The molecule has 0 heterocycles. The van der Waals surface area contributed by atoms with Gasteiger partial charge in [-0.1, -0.05) is 53.2 Å². The molecule has 0 atom stereocenters. The quantitative estimate of drug-likeness (QED) is 0.517. The Labute approximate surface area is 126 Å². The molecule has 2 aromatic carbocycles. The molecule has 6 heteroatoms. The lowest BCUT2D eigenvalue weighted by molar-refractivity contribution is 0.0955. The minimum atomic E-state index is -0.405. The molecule has 5 nitrogen and oxygen atoms in total. The number of hydrogen-bond donors (Lipinski definition) is 2. The number of oxime groups is 1. The number of hydrogen-bond acceptors (Lipinski definition) is 4. The smallest absolute Gasteiger partial charge is 0.271 e. The van der Waals surface area contributed by atoms with Crippen molar-refractivity contribution in [2.24, 2.45) is 10.3 Å². The van der Waals surface area contributed by atoms with Crippen LogP contribution >= 0.6 is 11.6 Å². The molecule has 2 N–H and O–H groups in total. The van der Waals surface area contributed by atoms with E-state index in [1.165, 1.54) is 6.07 Å². The van der Waals surface area contributed by atoms with Crippen LogP contribution in [0, 0.1) is 0 Å². The van der Waals surface area contributed by atoms with Crippen LogP contribution in [0.4, 0.5) is 0 Å². The van der Waals surface area contributed by atoms with Crippen molar-refractivity contribution in [3.8, 4) is 0 Å². The molecule has 0 bridgehead atoms. The molecule has 0 aromatic heterocycles. The van der Waals surface area contributed by atoms with Gasteiger partial charge in [0.2, 0.25) is 0 Å². The first kappa shape index (κ1) is 14.7. The highest BCUT2D eigenvalue weighted by molar-refractivity contribution is 6.38. The molecule has 0 spiro atoms. The Morgan fingerprint density at radius 3 is 2.48 bits per heavy atom. The van der Waals surface area contributed by atoms with Crippen LogP contribution in [0.2, 0.25) is 5.02 Å². The van der Waals surface area contributed by atoms with Gasteiger partial charge in [0.1, 0.15) is 5.71 Å². The summed E-state index contributed by atoms with van der Waals surface area (Å²) in [7, 11) is 0. The third-order valence-electron chi connectivity index (χ3n) is 2.61. The number of rotatable bonds is 4. The maximum absolute atomic E-state index is 12.0. The van der Waals surface area contributed by atoms with Crippen molar-refractivity contribution < 1.29 is 10.0 Å². The molecule has 0 fully saturated rings. The van der Waals surface area contributed by atoms with Gasteiger partial charge in [0.25, 0.3) is 5.91 Å². The number of benzene rings is 2. The second-order valence-electron chi connectivity index (χ2n) is 4.06. The highest BCUT2D eigenvalue weighted by atomic mass is 35.5. The predicted octanol–water partition coefficient (Wildman–Crippen LogP) is 2.93. The molecular weight excluding hydrogens is 290 g/mol. The number of carbonyl (C=O) groups excluding carboxylic acids is 1. The first-order valence-electron chi connectivity index (χ1n) is 6.07. The van der Waals surface area contributed by atoms with E-state index >= 15 is 0 Å². The Morgan fingerprint density at radius 1 is 1.10 bits per heavy atom. The lowest BCUT2D eigenvalue weighted by atomic mass is 10.1. The van der Waals surface area contributed by atoms with Gasteiger partial charge in [0.15, 0.2) is 0 Å². The van der Waals surface area contributed by atoms with Gasteiger partial charge in [0.05, 0.1) is 6.21 Å². The lowest BCUT2D eigenvalue weighted by Gasteiger charge is -2.03. The molecule has 2 aromatic rings. The summed E-state index contributed by atoms with van der Waals surface area (Å²) in [6, 6.07) is 15.6. The van der Waals surface area contributed by atoms with E-state index in [0.29, 0.717) is 21.9 Å². The van der Waals surface area contributed by atoms with Crippen molar-refractivity contribution in [2.45, 2.75) is 0 Å². The van der Waals surface area contributed by atoms with Gasteiger partial charge in [-0.25, -0.2) is 5.43 Å². The van der Waals surface area contributed by atoms with Gasteiger partial charge in [-0.15, -0.1) is 0 Å². The minimum Gasteiger partial charge on any atom is -0.411 e. The van der Waals surface area contributed by atoms with Crippen LogP contribution in [0.15, 0.2) is 64.9 Å². The van der Waals surface area contributed by atoms with Gasteiger partial charge in [0, 0.05) is 16.1 Å². The number of nitrogens with zero attached hydrogens (tertiary/aromatic N) is 2. The molecule has 0 radical (unpaired) electrons. The van der Waals surface area contributed by atoms with Crippen molar-refractivity contribution in [1.82, 2.24) is 5.43 Å². The molecule has 0 saturated heterocycles. The molecule has 106 valence electrons. The number of amides is 1. The van der Waals surface area contributed by atoms with Crippen molar-refractivity contribution in [3.05, 3.63) is 70.7 Å². The van der Waals surface area contributed by atoms with Crippen LogP contribution in [-0.2, 0) is 0 Å². The zero-order valence-electron chi connectivity index (χ0n) is 10.9. The standard InChI is InChI=1S/C15H12ClN3O2/c16-13-8-4-7-12(9-13)15(20)19-18-14(10-17-21)11-5-2-1-3-6-11/h1-10,21H,(H,19,20)/b17-10+,18-14+. The first-order valence-corrected chi connectivity index (χ1v) is 6.45. The zero-order chi connectivity index (χ0) is 15.1. The van der Waals surface area contributed by atoms with E-state index < -0.39 is 5.91 Å². The van der Waals surface area contributed by atoms with Crippen LogP contribution in [0.3, 0.4) is 0 Å². The molecule has 0 unspecified atom stereocenters. The fraction of sp³-hybridized carbons (Fsp3) is 0. The summed E-state index contributed by atoms with van der Waals surface area (Å²) in [5.74, 6) is -0.405. The highest BCUT2D eigenvalue weighted by Crippen LogP contribution is 2.10. The molecular formula is C15H12ClN3O2. The minimum absolute atomic E-state index is 0.327. The van der Waals surface area contributed by atoms with Crippen LogP contribution in [-0.4, -0.2) is 23.0 Å². The topological polar surface area (TPSA) is 74.0 Å². The lowest BCUT2D eigenvalue weighted by Crippen LogP contribution is -2.20. The van der Waals surface area contributed by atoms with E-state index in [2.05, 4.69) is 15.7 Å².